The molecule has 1 fully saturated rings. The first kappa shape index (κ1) is 29.9. The summed E-state index contributed by atoms with van der Waals surface area (Å²) in [5.74, 6) is 0.439. The number of hydrogen-bond acceptors (Lipinski definition) is 7. The summed E-state index contributed by atoms with van der Waals surface area (Å²) in [7, 11) is -0.560. The van der Waals surface area contributed by atoms with E-state index in [1.165, 1.54) is 0 Å². The summed E-state index contributed by atoms with van der Waals surface area (Å²) in [4.78, 5) is 16.1. The predicted octanol–water partition coefficient (Wildman–Crippen LogP) is 3.28. The van der Waals surface area contributed by atoms with Crippen molar-refractivity contribution < 1.29 is 27.4 Å². The van der Waals surface area contributed by atoms with Crippen molar-refractivity contribution in [1.29, 1.82) is 0 Å². The Morgan fingerprint density at radius 2 is 1.84 bits per heavy atom. The van der Waals surface area contributed by atoms with Crippen molar-refractivity contribution in [3.63, 3.8) is 0 Å². The number of rotatable bonds is 13. The number of nitrogens with zero attached hydrogens (tertiary/aromatic N) is 1. The van der Waals surface area contributed by atoms with Crippen LogP contribution in [0.5, 0.6) is 11.5 Å². The van der Waals surface area contributed by atoms with Gasteiger partial charge in [-0.15, -0.1) is 0 Å². The summed E-state index contributed by atoms with van der Waals surface area (Å²) in [6, 6.07) is 12.4. The molecular formula is C28H41N3O6S. The smallest absolute Gasteiger partial charge is 0.256 e. The molecule has 210 valence electrons. The summed E-state index contributed by atoms with van der Waals surface area (Å²) in [5.41, 5.74) is 0.822. The maximum absolute atomic E-state index is 14.4. The number of hydrogen-bond donors (Lipinski definition) is 2. The Morgan fingerprint density at radius 1 is 1.13 bits per heavy atom. The lowest BCUT2D eigenvalue weighted by atomic mass is 9.82. The fourth-order valence-corrected chi connectivity index (χ4v) is 6.06. The number of aryl methyl sites for hydroxylation is 1. The molecular weight excluding hydrogens is 506 g/mol. The van der Waals surface area contributed by atoms with Gasteiger partial charge in [0.25, 0.3) is 5.91 Å². The minimum atomic E-state index is -3.74. The number of ether oxygens (including phenoxy) is 3. The highest BCUT2D eigenvalue weighted by Crippen LogP contribution is 2.41. The van der Waals surface area contributed by atoms with Gasteiger partial charge in [-0.2, -0.15) is 4.72 Å². The average molecular weight is 548 g/mol. The van der Waals surface area contributed by atoms with Gasteiger partial charge >= 0.3 is 0 Å². The fourth-order valence-electron chi connectivity index (χ4n) is 5.11. The molecule has 3 rings (SSSR count). The van der Waals surface area contributed by atoms with Crippen LogP contribution in [0.15, 0.2) is 42.5 Å². The molecule has 2 N–H and O–H groups in total. The molecule has 2 aromatic carbocycles. The van der Waals surface area contributed by atoms with Crippen molar-refractivity contribution in [1.82, 2.24) is 14.9 Å². The highest BCUT2D eigenvalue weighted by atomic mass is 32.2. The van der Waals surface area contributed by atoms with Crippen molar-refractivity contribution in [3.8, 4) is 11.5 Å². The van der Waals surface area contributed by atoms with E-state index < -0.39 is 15.7 Å². The minimum Gasteiger partial charge on any atom is -0.493 e. The molecule has 2 aromatic rings. The second-order valence-corrected chi connectivity index (χ2v) is 11.8. The molecule has 0 aliphatic carbocycles. The molecule has 0 spiro atoms. The summed E-state index contributed by atoms with van der Waals surface area (Å²) in [5, 5.41) is 3.36. The van der Waals surface area contributed by atoms with Gasteiger partial charge in [-0.1, -0.05) is 29.8 Å². The molecule has 10 heteroatoms. The van der Waals surface area contributed by atoms with Gasteiger partial charge in [-0.05, 0) is 57.5 Å². The summed E-state index contributed by atoms with van der Waals surface area (Å²) < 4.78 is 45.3. The highest BCUT2D eigenvalue weighted by molar-refractivity contribution is 7.88. The van der Waals surface area contributed by atoms with E-state index in [4.69, 9.17) is 14.2 Å². The summed E-state index contributed by atoms with van der Waals surface area (Å²) >= 11 is 0. The monoisotopic (exact) mass is 547 g/mol. The van der Waals surface area contributed by atoms with Crippen LogP contribution in [-0.4, -0.2) is 72.0 Å². The number of benzene rings is 2. The van der Waals surface area contributed by atoms with Crippen molar-refractivity contribution in [2.75, 3.05) is 46.8 Å². The molecule has 0 saturated carbocycles. The number of sulfonamides is 1. The van der Waals surface area contributed by atoms with E-state index in [0.29, 0.717) is 55.2 Å². The number of carbonyl (C=O) groups is 1. The van der Waals surface area contributed by atoms with Crippen LogP contribution in [0.1, 0.15) is 48.2 Å². The third-order valence-electron chi connectivity index (χ3n) is 6.76. The number of methoxy groups -OCH3 is 2. The average Bonchev–Trinajstić information content (AvgIpc) is 3.41. The summed E-state index contributed by atoms with van der Waals surface area (Å²) in [6.07, 6.45) is 2.52. The molecule has 1 heterocycles. The lowest BCUT2D eigenvalue weighted by Gasteiger charge is -2.50. The molecule has 38 heavy (non-hydrogen) atoms. The molecule has 0 aromatic heterocycles. The van der Waals surface area contributed by atoms with Crippen molar-refractivity contribution in [3.05, 3.63) is 59.2 Å². The molecule has 1 aliphatic rings. The Hall–Kier alpha value is -2.66. The number of amides is 1. The van der Waals surface area contributed by atoms with Crippen molar-refractivity contribution in [2.45, 2.75) is 45.3 Å². The Bertz CT molecular complexity index is 1180. The Morgan fingerprint density at radius 3 is 2.39 bits per heavy atom. The standard InChI is InChI=1S/C28H41N3O6S/c1-20(2)31(27(32)22-10-13-25(36-5)26(18-22)37-17-7-16-35-4)28(30-38(6,33)34,24-14-15-29-19-24)23-11-8-21(3)9-12-23/h8-13,18,20,24,29-30H,7,14-17,19H2,1-6H3. The molecule has 0 radical (unpaired) electrons. The van der Waals surface area contributed by atoms with Crippen molar-refractivity contribution in [2.24, 2.45) is 5.92 Å². The van der Waals surface area contributed by atoms with Crippen LogP contribution in [0.2, 0.25) is 0 Å². The van der Waals surface area contributed by atoms with Crippen molar-refractivity contribution >= 4 is 15.9 Å². The first-order valence-electron chi connectivity index (χ1n) is 12.9. The van der Waals surface area contributed by atoms with Gasteiger partial charge in [0.15, 0.2) is 11.5 Å². The van der Waals surface area contributed by atoms with E-state index in [1.807, 2.05) is 45.0 Å². The second kappa shape index (κ2) is 12.9. The molecule has 1 saturated heterocycles. The third kappa shape index (κ3) is 6.85. The van der Waals surface area contributed by atoms with E-state index in [1.54, 1.807) is 37.3 Å². The molecule has 9 nitrogen and oxygen atoms in total. The van der Waals surface area contributed by atoms with E-state index in [0.717, 1.165) is 18.4 Å². The van der Waals surface area contributed by atoms with Crippen LogP contribution in [0.4, 0.5) is 0 Å². The minimum absolute atomic E-state index is 0.200. The van der Waals surface area contributed by atoms with E-state index in [-0.39, 0.29) is 17.9 Å². The molecule has 1 amide bonds. The topological polar surface area (TPSA) is 106 Å². The quantitative estimate of drug-likeness (QED) is 0.293. The zero-order valence-corrected chi connectivity index (χ0v) is 24.1. The van der Waals surface area contributed by atoms with Crippen LogP contribution in [0, 0.1) is 12.8 Å². The lowest BCUT2D eigenvalue weighted by molar-refractivity contribution is 0.00414. The molecule has 0 bridgehead atoms. The van der Waals surface area contributed by atoms with Crippen LogP contribution in [-0.2, 0) is 20.4 Å². The molecule has 1 aliphatic heterocycles. The first-order valence-corrected chi connectivity index (χ1v) is 14.8. The van der Waals surface area contributed by atoms with Gasteiger partial charge in [0.2, 0.25) is 10.0 Å². The van der Waals surface area contributed by atoms with Gasteiger partial charge in [-0.25, -0.2) is 8.42 Å². The lowest BCUT2D eigenvalue weighted by Crippen LogP contribution is -2.65. The maximum atomic E-state index is 14.4. The zero-order valence-electron chi connectivity index (χ0n) is 23.2. The van der Waals surface area contributed by atoms with E-state index >= 15 is 0 Å². The van der Waals surface area contributed by atoms with Gasteiger partial charge in [0, 0.05) is 44.2 Å². The van der Waals surface area contributed by atoms with Crippen LogP contribution in [0.3, 0.4) is 0 Å². The van der Waals surface area contributed by atoms with Gasteiger partial charge in [-0.3, -0.25) is 4.79 Å². The fraction of sp³-hybridized carbons (Fsp3) is 0.536. The van der Waals surface area contributed by atoms with Crippen LogP contribution in [0.25, 0.3) is 0 Å². The predicted molar refractivity (Wildman–Crippen MR) is 148 cm³/mol. The van der Waals surface area contributed by atoms with Crippen LogP contribution < -0.4 is 19.5 Å². The van der Waals surface area contributed by atoms with Gasteiger partial charge in [0.1, 0.15) is 5.66 Å². The molecule has 2 unspecified atom stereocenters. The number of carbonyl (C=O) groups excluding carboxylic acids is 1. The Kier molecular flexibility index (Phi) is 10.2. The first-order chi connectivity index (χ1) is 18.0. The second-order valence-electron chi connectivity index (χ2n) is 10.0. The molecule has 2 atom stereocenters. The largest absolute Gasteiger partial charge is 0.493 e. The van der Waals surface area contributed by atoms with Crippen LogP contribution >= 0.6 is 0 Å². The van der Waals surface area contributed by atoms with Gasteiger partial charge in [0.05, 0.1) is 20.0 Å². The highest BCUT2D eigenvalue weighted by Gasteiger charge is 2.51. The van der Waals surface area contributed by atoms with E-state index in [2.05, 4.69) is 10.0 Å². The normalized spacial score (nSPS) is 17.3. The maximum Gasteiger partial charge on any atom is 0.256 e. The Balaban J connectivity index is 2.17. The van der Waals surface area contributed by atoms with E-state index in [9.17, 15) is 13.2 Å². The third-order valence-corrected chi connectivity index (χ3v) is 7.44. The zero-order chi connectivity index (χ0) is 27.9. The SMILES string of the molecule is COCCCOc1cc(C(=O)N(C(C)C)C(NS(C)(=O)=O)(c2ccc(C)cc2)C2CCNC2)ccc1OC. The summed E-state index contributed by atoms with van der Waals surface area (Å²) in [6.45, 7) is 8.01. The van der Waals surface area contributed by atoms with Gasteiger partial charge < -0.3 is 24.4 Å². The Labute approximate surface area is 226 Å². The number of nitrogens with one attached hydrogen (secondary N) is 2.